The Labute approximate surface area is 128 Å². The minimum Gasteiger partial charge on any atom is -0.207 e. The van der Waals surface area contributed by atoms with Crippen molar-refractivity contribution in [1.82, 2.24) is 4.31 Å². The van der Waals surface area contributed by atoms with Crippen LogP contribution in [0.15, 0.2) is 27.6 Å². The third-order valence-electron chi connectivity index (χ3n) is 3.45. The SMILES string of the molecule is O=S(=O)(c1ccc(Br)c(F)c1)N1CCC(C(F)(F)F)CC1. The maximum atomic E-state index is 13.4. The average molecular weight is 390 g/mol. The molecular weight excluding hydrogens is 378 g/mol. The summed E-state index contributed by atoms with van der Waals surface area (Å²) in [6, 6.07) is 3.33. The second-order valence-electron chi connectivity index (χ2n) is 4.80. The molecule has 1 heterocycles. The number of hydrogen-bond acceptors (Lipinski definition) is 2. The number of benzene rings is 1. The van der Waals surface area contributed by atoms with Crippen LogP contribution in [0.2, 0.25) is 0 Å². The van der Waals surface area contributed by atoms with E-state index in [1.54, 1.807) is 0 Å². The van der Waals surface area contributed by atoms with Gasteiger partial charge in [-0.3, -0.25) is 0 Å². The number of sulfonamides is 1. The first-order valence-corrected chi connectivity index (χ1v) is 8.37. The zero-order valence-corrected chi connectivity index (χ0v) is 13.1. The Morgan fingerprint density at radius 2 is 1.76 bits per heavy atom. The summed E-state index contributed by atoms with van der Waals surface area (Å²) in [6.07, 6.45) is -4.86. The molecule has 1 fully saturated rings. The minimum absolute atomic E-state index is 0.122. The van der Waals surface area contributed by atoms with Gasteiger partial charge in [-0.05, 0) is 47.0 Å². The summed E-state index contributed by atoms with van der Waals surface area (Å²) in [5, 5.41) is 0. The van der Waals surface area contributed by atoms with Crippen LogP contribution in [-0.4, -0.2) is 32.0 Å². The number of nitrogens with zero attached hydrogens (tertiary/aromatic N) is 1. The van der Waals surface area contributed by atoms with Gasteiger partial charge >= 0.3 is 6.18 Å². The number of rotatable bonds is 2. The van der Waals surface area contributed by atoms with Crippen LogP contribution >= 0.6 is 15.9 Å². The highest BCUT2D eigenvalue weighted by atomic mass is 79.9. The molecule has 0 spiro atoms. The lowest BCUT2D eigenvalue weighted by molar-refractivity contribution is -0.182. The van der Waals surface area contributed by atoms with Crippen LogP contribution in [0.5, 0.6) is 0 Å². The molecule has 0 unspecified atom stereocenters. The van der Waals surface area contributed by atoms with Gasteiger partial charge in [-0.15, -0.1) is 0 Å². The summed E-state index contributed by atoms with van der Waals surface area (Å²) >= 11 is 2.91. The summed E-state index contributed by atoms with van der Waals surface area (Å²) in [6.45, 7) is -0.436. The van der Waals surface area contributed by atoms with Crippen molar-refractivity contribution >= 4 is 26.0 Å². The Morgan fingerprint density at radius 3 is 2.24 bits per heavy atom. The van der Waals surface area contributed by atoms with Crippen LogP contribution < -0.4 is 0 Å². The zero-order valence-electron chi connectivity index (χ0n) is 10.7. The highest BCUT2D eigenvalue weighted by Crippen LogP contribution is 2.35. The van der Waals surface area contributed by atoms with Gasteiger partial charge in [0.25, 0.3) is 0 Å². The van der Waals surface area contributed by atoms with Crippen LogP contribution in [0.3, 0.4) is 0 Å². The van der Waals surface area contributed by atoms with E-state index in [0.717, 1.165) is 10.4 Å². The van der Waals surface area contributed by atoms with E-state index in [9.17, 15) is 26.0 Å². The zero-order chi connectivity index (χ0) is 15.8. The lowest BCUT2D eigenvalue weighted by atomic mass is 9.98. The lowest BCUT2D eigenvalue weighted by Crippen LogP contribution is -2.42. The summed E-state index contributed by atoms with van der Waals surface area (Å²) in [7, 11) is -3.97. The fourth-order valence-electron chi connectivity index (χ4n) is 2.21. The quantitative estimate of drug-likeness (QED) is 0.725. The number of alkyl halides is 3. The first-order valence-electron chi connectivity index (χ1n) is 6.14. The van der Waals surface area contributed by atoms with Gasteiger partial charge in [0.15, 0.2) is 0 Å². The number of piperidine rings is 1. The van der Waals surface area contributed by atoms with E-state index < -0.39 is 27.9 Å². The molecule has 118 valence electrons. The number of halogens is 5. The second-order valence-corrected chi connectivity index (χ2v) is 7.59. The van der Waals surface area contributed by atoms with Crippen molar-refractivity contribution in [2.24, 2.45) is 5.92 Å². The molecule has 0 aliphatic carbocycles. The Bertz CT molecular complexity index is 625. The maximum absolute atomic E-state index is 13.4. The molecule has 3 nitrogen and oxygen atoms in total. The van der Waals surface area contributed by atoms with E-state index in [-0.39, 0.29) is 35.3 Å². The monoisotopic (exact) mass is 389 g/mol. The van der Waals surface area contributed by atoms with Crippen molar-refractivity contribution in [3.8, 4) is 0 Å². The molecule has 0 bridgehead atoms. The van der Waals surface area contributed by atoms with Crippen molar-refractivity contribution in [3.63, 3.8) is 0 Å². The molecule has 9 heteroatoms. The van der Waals surface area contributed by atoms with Gasteiger partial charge in [-0.25, -0.2) is 12.8 Å². The van der Waals surface area contributed by atoms with E-state index in [1.807, 2.05) is 0 Å². The van der Waals surface area contributed by atoms with Gasteiger partial charge in [0.05, 0.1) is 15.3 Å². The molecule has 1 aliphatic rings. The fourth-order valence-corrected chi connectivity index (χ4v) is 3.94. The predicted molar refractivity (Wildman–Crippen MR) is 71.6 cm³/mol. The van der Waals surface area contributed by atoms with Gasteiger partial charge in [0.1, 0.15) is 5.82 Å². The minimum atomic E-state index is -4.31. The first kappa shape index (κ1) is 16.7. The van der Waals surface area contributed by atoms with Crippen molar-refractivity contribution in [2.45, 2.75) is 23.9 Å². The lowest BCUT2D eigenvalue weighted by Gasteiger charge is -2.32. The van der Waals surface area contributed by atoms with E-state index >= 15 is 0 Å². The molecule has 0 aromatic heterocycles. The van der Waals surface area contributed by atoms with Crippen LogP contribution in [0.4, 0.5) is 17.6 Å². The average Bonchev–Trinajstić information content (AvgIpc) is 2.41. The fraction of sp³-hybridized carbons (Fsp3) is 0.500. The van der Waals surface area contributed by atoms with Crippen molar-refractivity contribution in [2.75, 3.05) is 13.1 Å². The molecular formula is C12H12BrF4NO2S. The molecule has 1 aromatic rings. The van der Waals surface area contributed by atoms with Gasteiger partial charge in [0.2, 0.25) is 10.0 Å². The highest BCUT2D eigenvalue weighted by molar-refractivity contribution is 9.10. The van der Waals surface area contributed by atoms with E-state index in [2.05, 4.69) is 15.9 Å². The van der Waals surface area contributed by atoms with Gasteiger partial charge in [-0.1, -0.05) is 0 Å². The Hall–Kier alpha value is -0.670. The van der Waals surface area contributed by atoms with Crippen molar-refractivity contribution < 1.29 is 26.0 Å². The van der Waals surface area contributed by atoms with Gasteiger partial charge < -0.3 is 0 Å². The third kappa shape index (κ3) is 3.57. The Balaban J connectivity index is 2.17. The molecule has 0 amide bonds. The molecule has 0 radical (unpaired) electrons. The molecule has 1 aliphatic heterocycles. The Morgan fingerprint density at radius 1 is 1.19 bits per heavy atom. The predicted octanol–water partition coefficient (Wildman–Crippen LogP) is 3.55. The normalized spacial score (nSPS) is 18.9. The summed E-state index contributed by atoms with van der Waals surface area (Å²) in [5.41, 5.74) is 0. The van der Waals surface area contributed by atoms with E-state index in [1.165, 1.54) is 12.1 Å². The second kappa shape index (κ2) is 5.85. The standard InChI is InChI=1S/C12H12BrF4NO2S/c13-10-2-1-9(7-11(10)14)21(19,20)18-5-3-8(4-6-18)12(15,16)17/h1-2,7-8H,3-6H2. The molecule has 0 saturated carbocycles. The van der Waals surface area contributed by atoms with Crippen LogP contribution in [0.25, 0.3) is 0 Å². The number of hydrogen-bond donors (Lipinski definition) is 0. The summed E-state index contributed by atoms with van der Waals surface area (Å²) in [5.74, 6) is -2.22. The molecule has 0 N–H and O–H groups in total. The largest absolute Gasteiger partial charge is 0.391 e. The summed E-state index contributed by atoms with van der Waals surface area (Å²) < 4.78 is 76.7. The molecule has 1 saturated heterocycles. The van der Waals surface area contributed by atoms with Crippen LogP contribution in [0, 0.1) is 11.7 Å². The van der Waals surface area contributed by atoms with Crippen LogP contribution in [-0.2, 0) is 10.0 Å². The first-order chi connectivity index (χ1) is 9.62. The van der Waals surface area contributed by atoms with Gasteiger partial charge in [-0.2, -0.15) is 17.5 Å². The summed E-state index contributed by atoms with van der Waals surface area (Å²) in [4.78, 5) is -0.256. The third-order valence-corrected chi connectivity index (χ3v) is 5.98. The van der Waals surface area contributed by atoms with Crippen LogP contribution in [0.1, 0.15) is 12.8 Å². The van der Waals surface area contributed by atoms with E-state index in [4.69, 9.17) is 0 Å². The molecule has 2 rings (SSSR count). The maximum Gasteiger partial charge on any atom is 0.391 e. The molecule has 21 heavy (non-hydrogen) atoms. The van der Waals surface area contributed by atoms with Crippen molar-refractivity contribution in [1.29, 1.82) is 0 Å². The molecule has 1 aromatic carbocycles. The highest BCUT2D eigenvalue weighted by Gasteiger charge is 2.43. The van der Waals surface area contributed by atoms with Gasteiger partial charge in [0, 0.05) is 13.1 Å². The smallest absolute Gasteiger partial charge is 0.207 e. The van der Waals surface area contributed by atoms with E-state index in [0.29, 0.717) is 0 Å². The topological polar surface area (TPSA) is 37.4 Å². The Kier molecular flexibility index (Phi) is 4.65. The molecule has 0 atom stereocenters. The van der Waals surface area contributed by atoms with Crippen molar-refractivity contribution in [3.05, 3.63) is 28.5 Å².